The smallest absolute Gasteiger partial charge is 0.416 e. The Labute approximate surface area is 191 Å². The molecule has 0 aliphatic carbocycles. The highest BCUT2D eigenvalue weighted by molar-refractivity contribution is 8.14. The Balaban J connectivity index is 1.65. The average molecular weight is 489 g/mol. The van der Waals surface area contributed by atoms with Crippen molar-refractivity contribution in [2.75, 3.05) is 13.7 Å². The van der Waals surface area contributed by atoms with Crippen LogP contribution in [0.2, 0.25) is 0 Å². The molecule has 5 atom stereocenters. The Bertz CT molecular complexity index is 974. The normalized spacial score (nSPS) is 28.1. The van der Waals surface area contributed by atoms with E-state index in [9.17, 15) is 23.4 Å². The molecule has 1 aromatic carbocycles. The molecule has 1 saturated heterocycles. The standard InChI is InChI=1S/C20H28N2O8S2/c1-11-6-8-12(9-7-11)32(26,27)28-10-13-15(23)16(24)14-17(29-13)31-18(21-14)22(5)19(25)30-20(2,3)4/h6-9,13-17,23-24H,10H2,1-5H3/t13-,14-,15-,16-,17-/m1/s1. The largest absolute Gasteiger partial charge is 0.443 e. The zero-order valence-electron chi connectivity index (χ0n) is 18.5. The first-order valence-electron chi connectivity index (χ1n) is 9.97. The predicted molar refractivity (Wildman–Crippen MR) is 118 cm³/mol. The van der Waals surface area contributed by atoms with Crippen molar-refractivity contribution in [2.45, 2.75) is 68.0 Å². The van der Waals surface area contributed by atoms with Crippen LogP contribution in [0.15, 0.2) is 34.2 Å². The highest BCUT2D eigenvalue weighted by Gasteiger charge is 2.49. The van der Waals surface area contributed by atoms with Crippen molar-refractivity contribution in [1.29, 1.82) is 0 Å². The predicted octanol–water partition coefficient (Wildman–Crippen LogP) is 1.49. The molecule has 0 aromatic heterocycles. The summed E-state index contributed by atoms with van der Waals surface area (Å²) >= 11 is 1.07. The van der Waals surface area contributed by atoms with E-state index in [1.54, 1.807) is 32.9 Å². The van der Waals surface area contributed by atoms with Gasteiger partial charge in [-0.05, 0) is 39.8 Å². The van der Waals surface area contributed by atoms with Gasteiger partial charge in [-0.2, -0.15) is 8.42 Å². The first-order chi connectivity index (χ1) is 14.8. The van der Waals surface area contributed by atoms with Crippen molar-refractivity contribution < 1.29 is 37.1 Å². The molecule has 32 heavy (non-hydrogen) atoms. The second-order valence-electron chi connectivity index (χ2n) is 8.64. The number of benzene rings is 1. The lowest BCUT2D eigenvalue weighted by molar-refractivity contribution is -0.161. The first-order valence-corrected chi connectivity index (χ1v) is 12.3. The minimum absolute atomic E-state index is 0.0216. The summed E-state index contributed by atoms with van der Waals surface area (Å²) in [5.41, 5.74) is -0.530. The summed E-state index contributed by atoms with van der Waals surface area (Å²) in [7, 11) is -2.59. The lowest BCUT2D eigenvalue weighted by atomic mass is 9.99. The number of hydrogen-bond donors (Lipinski definition) is 2. The molecule has 2 N–H and O–H groups in total. The summed E-state index contributed by atoms with van der Waals surface area (Å²) in [6.45, 7) is 6.55. The van der Waals surface area contributed by atoms with Crippen LogP contribution in [0.25, 0.3) is 0 Å². The van der Waals surface area contributed by atoms with Gasteiger partial charge in [0.2, 0.25) is 0 Å². The van der Waals surface area contributed by atoms with Crippen LogP contribution in [-0.2, 0) is 23.8 Å². The second kappa shape index (κ2) is 9.27. The summed E-state index contributed by atoms with van der Waals surface area (Å²) in [6, 6.07) is 5.30. The van der Waals surface area contributed by atoms with E-state index in [-0.39, 0.29) is 10.1 Å². The van der Waals surface area contributed by atoms with Crippen molar-refractivity contribution in [2.24, 2.45) is 4.99 Å². The molecule has 2 heterocycles. The number of aryl methyl sites for hydroxylation is 1. The lowest BCUT2D eigenvalue weighted by Gasteiger charge is -2.37. The molecule has 10 nitrogen and oxygen atoms in total. The molecular formula is C20H28N2O8S2. The molecule has 12 heteroatoms. The Morgan fingerprint density at radius 3 is 2.44 bits per heavy atom. The molecule has 0 spiro atoms. The Hall–Kier alpha value is -1.70. The van der Waals surface area contributed by atoms with E-state index in [4.69, 9.17) is 13.7 Å². The third-order valence-corrected chi connectivity index (χ3v) is 7.31. The highest BCUT2D eigenvalue weighted by atomic mass is 32.2. The molecular weight excluding hydrogens is 460 g/mol. The van der Waals surface area contributed by atoms with Gasteiger partial charge in [-0.15, -0.1) is 0 Å². The van der Waals surface area contributed by atoms with E-state index in [2.05, 4.69) is 4.99 Å². The topological polar surface area (TPSA) is 135 Å². The van der Waals surface area contributed by atoms with Gasteiger partial charge in [0.15, 0.2) is 5.17 Å². The summed E-state index contributed by atoms with van der Waals surface area (Å²) in [5, 5.41) is 21.2. The van der Waals surface area contributed by atoms with Crippen LogP contribution < -0.4 is 0 Å². The van der Waals surface area contributed by atoms with E-state index < -0.39 is 58.2 Å². The molecule has 0 bridgehead atoms. The van der Waals surface area contributed by atoms with Gasteiger partial charge in [0.1, 0.15) is 35.4 Å². The molecule has 2 aliphatic heterocycles. The SMILES string of the molecule is Cc1ccc(S(=O)(=O)OC[C@H]2O[C@@H]3SC(N(C)C(=O)OC(C)(C)C)=N[C@@H]3[C@@H](O)[C@@H]2O)cc1. The van der Waals surface area contributed by atoms with Crippen molar-refractivity contribution in [3.63, 3.8) is 0 Å². The second-order valence-corrected chi connectivity index (χ2v) is 11.3. The number of aliphatic hydroxyl groups is 2. The van der Waals surface area contributed by atoms with Gasteiger partial charge in [-0.25, -0.2) is 4.79 Å². The zero-order valence-corrected chi connectivity index (χ0v) is 20.1. The maximum absolute atomic E-state index is 12.4. The van der Waals surface area contributed by atoms with E-state index in [1.807, 2.05) is 6.92 Å². The molecule has 178 valence electrons. The Kier molecular flexibility index (Phi) is 7.23. The number of fused-ring (bicyclic) bond motifs is 1. The number of carbonyl (C=O) groups is 1. The lowest BCUT2D eigenvalue weighted by Crippen LogP contribution is -2.56. The fraction of sp³-hybridized carbons (Fsp3) is 0.600. The number of hydrogen-bond acceptors (Lipinski definition) is 10. The average Bonchev–Trinajstić information content (AvgIpc) is 3.12. The minimum atomic E-state index is -4.07. The number of amides is 1. The van der Waals surface area contributed by atoms with E-state index >= 15 is 0 Å². The van der Waals surface area contributed by atoms with Crippen molar-refractivity contribution in [3.05, 3.63) is 29.8 Å². The maximum atomic E-state index is 12.4. The Morgan fingerprint density at radius 2 is 1.84 bits per heavy atom. The van der Waals surface area contributed by atoms with Crippen molar-refractivity contribution in [3.8, 4) is 0 Å². The van der Waals surface area contributed by atoms with Gasteiger partial charge in [0.25, 0.3) is 10.1 Å². The quantitative estimate of drug-likeness (QED) is 0.604. The number of aliphatic hydroxyl groups excluding tert-OH is 2. The van der Waals surface area contributed by atoms with Crippen LogP contribution in [0.5, 0.6) is 0 Å². The van der Waals surface area contributed by atoms with Gasteiger partial charge < -0.3 is 19.7 Å². The molecule has 0 unspecified atom stereocenters. The van der Waals surface area contributed by atoms with Gasteiger partial charge >= 0.3 is 6.09 Å². The third kappa shape index (κ3) is 5.61. The number of amidine groups is 1. The molecule has 2 aliphatic rings. The van der Waals surface area contributed by atoms with Gasteiger partial charge in [0.05, 0.1) is 11.5 Å². The van der Waals surface area contributed by atoms with E-state index in [0.717, 1.165) is 17.3 Å². The molecule has 0 saturated carbocycles. The van der Waals surface area contributed by atoms with Crippen LogP contribution in [0, 0.1) is 6.92 Å². The van der Waals surface area contributed by atoms with Crippen molar-refractivity contribution >= 4 is 33.1 Å². The number of thioether (sulfide) groups is 1. The summed E-state index contributed by atoms with van der Waals surface area (Å²) in [4.78, 5) is 17.8. The van der Waals surface area contributed by atoms with Crippen LogP contribution in [0.1, 0.15) is 26.3 Å². The summed E-state index contributed by atoms with van der Waals surface area (Å²) in [5.74, 6) is 0. The monoisotopic (exact) mass is 488 g/mol. The van der Waals surface area contributed by atoms with Crippen LogP contribution in [0.3, 0.4) is 0 Å². The Morgan fingerprint density at radius 1 is 1.22 bits per heavy atom. The first kappa shape index (κ1) is 24.9. The molecule has 0 radical (unpaired) electrons. The molecule has 1 fully saturated rings. The number of carbonyl (C=O) groups excluding carboxylic acids is 1. The van der Waals surface area contributed by atoms with Crippen LogP contribution in [-0.4, -0.2) is 83.8 Å². The van der Waals surface area contributed by atoms with Gasteiger partial charge in [0, 0.05) is 7.05 Å². The van der Waals surface area contributed by atoms with Crippen LogP contribution >= 0.6 is 11.8 Å². The van der Waals surface area contributed by atoms with Crippen LogP contribution in [0.4, 0.5) is 4.79 Å². The fourth-order valence-electron chi connectivity index (χ4n) is 3.05. The maximum Gasteiger partial charge on any atom is 0.416 e. The number of ether oxygens (including phenoxy) is 2. The third-order valence-electron chi connectivity index (χ3n) is 4.80. The van der Waals surface area contributed by atoms with Crippen molar-refractivity contribution in [1.82, 2.24) is 4.90 Å². The van der Waals surface area contributed by atoms with E-state index in [0.29, 0.717) is 0 Å². The van der Waals surface area contributed by atoms with E-state index in [1.165, 1.54) is 24.1 Å². The highest BCUT2D eigenvalue weighted by Crippen LogP contribution is 2.37. The summed E-state index contributed by atoms with van der Waals surface area (Å²) < 4.78 is 41.0. The fourth-order valence-corrected chi connectivity index (χ4v) is 5.16. The summed E-state index contributed by atoms with van der Waals surface area (Å²) in [6.07, 6.45) is -4.50. The number of nitrogens with zero attached hydrogens (tertiary/aromatic N) is 2. The number of aliphatic imine (C=N–C) groups is 1. The zero-order chi connectivity index (χ0) is 23.8. The number of rotatable bonds is 4. The molecule has 1 aromatic rings. The minimum Gasteiger partial charge on any atom is -0.443 e. The van der Waals surface area contributed by atoms with Gasteiger partial charge in [-0.3, -0.25) is 14.1 Å². The molecule has 1 amide bonds. The molecule has 3 rings (SSSR count). The van der Waals surface area contributed by atoms with Gasteiger partial charge in [-0.1, -0.05) is 29.5 Å².